The van der Waals surface area contributed by atoms with Gasteiger partial charge in [0.15, 0.2) is 0 Å². The minimum absolute atomic E-state index is 0.154. The Kier molecular flexibility index (Phi) is 5.08. The van der Waals surface area contributed by atoms with Crippen molar-refractivity contribution in [2.45, 2.75) is 13.5 Å². The van der Waals surface area contributed by atoms with Gasteiger partial charge in [0.2, 0.25) is 0 Å². The number of aromatic amines is 1. The zero-order valence-electron chi connectivity index (χ0n) is 17.0. The van der Waals surface area contributed by atoms with Crippen LogP contribution in [0.2, 0.25) is 5.02 Å². The molecule has 10 heteroatoms. The van der Waals surface area contributed by atoms with Crippen molar-refractivity contribution in [2.75, 3.05) is 0 Å². The van der Waals surface area contributed by atoms with Crippen molar-refractivity contribution in [3.8, 4) is 28.2 Å². The average molecular weight is 445 g/mol. The molecule has 0 unspecified atom stereocenters. The maximum Gasteiger partial charge on any atom is 0.251 e. The Morgan fingerprint density at radius 2 is 2.00 bits per heavy atom. The van der Waals surface area contributed by atoms with Crippen LogP contribution in [0.4, 0.5) is 0 Å². The fraction of sp³-hybridized carbons (Fsp3) is 0.0909. The van der Waals surface area contributed by atoms with Crippen LogP contribution in [0.5, 0.6) is 0 Å². The van der Waals surface area contributed by atoms with Crippen molar-refractivity contribution in [1.29, 1.82) is 0 Å². The van der Waals surface area contributed by atoms with Gasteiger partial charge < -0.3 is 9.55 Å². The molecule has 0 bridgehead atoms. The number of pyridine rings is 2. The van der Waals surface area contributed by atoms with Crippen molar-refractivity contribution < 1.29 is 0 Å². The summed E-state index contributed by atoms with van der Waals surface area (Å²) in [5.74, 6) is 0.667. The average Bonchev–Trinajstić information content (AvgIpc) is 3.49. The van der Waals surface area contributed by atoms with Crippen LogP contribution in [0.1, 0.15) is 11.5 Å². The first-order valence-electron chi connectivity index (χ1n) is 9.78. The number of H-pyrrole nitrogens is 1. The molecule has 158 valence electrons. The van der Waals surface area contributed by atoms with Crippen molar-refractivity contribution in [3.05, 3.63) is 94.1 Å². The first-order chi connectivity index (χ1) is 15.6. The van der Waals surface area contributed by atoms with Gasteiger partial charge in [0.1, 0.15) is 12.2 Å². The van der Waals surface area contributed by atoms with E-state index in [0.717, 1.165) is 33.9 Å². The van der Waals surface area contributed by atoms with Crippen molar-refractivity contribution in [3.63, 3.8) is 0 Å². The minimum Gasteiger partial charge on any atom is -0.339 e. The standard InChI is InChI=1S/C22H17ClN8O/c1-14-8-15(17-10-16(23)5-6-20(17)31-13-26-28-29-31)9-22(32)30(14)12-21-25-11-19(27-21)18-4-2-3-7-24-18/h2-11,13H,12H2,1H3,(H,25,27). The third kappa shape index (κ3) is 3.81. The second kappa shape index (κ2) is 8.20. The fourth-order valence-corrected chi connectivity index (χ4v) is 3.72. The number of tetrazole rings is 1. The third-order valence-electron chi connectivity index (χ3n) is 5.08. The Morgan fingerprint density at radius 3 is 2.75 bits per heavy atom. The van der Waals surface area contributed by atoms with Gasteiger partial charge in [-0.3, -0.25) is 9.78 Å². The van der Waals surface area contributed by atoms with Gasteiger partial charge in [0, 0.05) is 28.5 Å². The van der Waals surface area contributed by atoms with Gasteiger partial charge in [-0.2, -0.15) is 4.68 Å². The second-order valence-corrected chi connectivity index (χ2v) is 7.62. The van der Waals surface area contributed by atoms with Gasteiger partial charge >= 0.3 is 0 Å². The number of hydrogen-bond acceptors (Lipinski definition) is 6. The van der Waals surface area contributed by atoms with Crippen LogP contribution in [0, 0.1) is 6.92 Å². The number of nitrogens with one attached hydrogen (secondary N) is 1. The lowest BCUT2D eigenvalue weighted by molar-refractivity contribution is 0.700. The van der Waals surface area contributed by atoms with Gasteiger partial charge in [-0.15, -0.1) is 5.10 Å². The van der Waals surface area contributed by atoms with Crippen LogP contribution < -0.4 is 5.56 Å². The Bertz CT molecular complexity index is 1440. The number of nitrogens with zero attached hydrogens (tertiary/aromatic N) is 7. The van der Waals surface area contributed by atoms with Crippen LogP contribution in [0.3, 0.4) is 0 Å². The molecule has 1 aromatic carbocycles. The molecule has 0 saturated heterocycles. The Labute approximate surface area is 187 Å². The highest BCUT2D eigenvalue weighted by Crippen LogP contribution is 2.29. The topological polar surface area (TPSA) is 107 Å². The van der Waals surface area contributed by atoms with Gasteiger partial charge in [-0.1, -0.05) is 17.7 Å². The van der Waals surface area contributed by atoms with Crippen molar-refractivity contribution in [2.24, 2.45) is 0 Å². The van der Waals surface area contributed by atoms with Crippen LogP contribution in [-0.2, 0) is 6.54 Å². The van der Waals surface area contributed by atoms with Gasteiger partial charge in [0.05, 0.1) is 29.8 Å². The number of rotatable bonds is 5. The molecular formula is C22H17ClN8O. The Morgan fingerprint density at radius 1 is 1.09 bits per heavy atom. The lowest BCUT2D eigenvalue weighted by Crippen LogP contribution is -2.23. The monoisotopic (exact) mass is 444 g/mol. The predicted octanol–water partition coefficient (Wildman–Crippen LogP) is 3.29. The van der Waals surface area contributed by atoms with Crippen molar-refractivity contribution in [1.82, 2.24) is 39.7 Å². The third-order valence-corrected chi connectivity index (χ3v) is 5.31. The minimum atomic E-state index is -0.154. The van der Waals surface area contributed by atoms with Crippen LogP contribution in [-0.4, -0.2) is 39.7 Å². The molecule has 4 aromatic heterocycles. The number of aromatic nitrogens is 8. The van der Waals surface area contributed by atoms with E-state index in [0.29, 0.717) is 17.4 Å². The number of aryl methyl sites for hydroxylation is 1. The molecule has 9 nitrogen and oxygen atoms in total. The predicted molar refractivity (Wildman–Crippen MR) is 120 cm³/mol. The summed E-state index contributed by atoms with van der Waals surface area (Å²) < 4.78 is 3.19. The van der Waals surface area contributed by atoms with E-state index < -0.39 is 0 Å². The van der Waals surface area contributed by atoms with E-state index in [1.165, 1.54) is 11.0 Å². The molecule has 32 heavy (non-hydrogen) atoms. The smallest absolute Gasteiger partial charge is 0.251 e. The first kappa shape index (κ1) is 19.8. The lowest BCUT2D eigenvalue weighted by atomic mass is 10.0. The molecule has 0 atom stereocenters. The molecule has 0 spiro atoms. The van der Waals surface area contributed by atoms with E-state index in [-0.39, 0.29) is 5.56 Å². The van der Waals surface area contributed by atoms with Crippen LogP contribution in [0.25, 0.3) is 28.2 Å². The highest BCUT2D eigenvalue weighted by molar-refractivity contribution is 6.31. The van der Waals surface area contributed by atoms with Crippen LogP contribution in [0.15, 0.2) is 72.0 Å². The number of imidazole rings is 1. The lowest BCUT2D eigenvalue weighted by Gasteiger charge is -2.13. The van der Waals surface area contributed by atoms with Gasteiger partial charge in [-0.25, -0.2) is 4.98 Å². The summed E-state index contributed by atoms with van der Waals surface area (Å²) in [6.07, 6.45) is 4.94. The molecule has 0 radical (unpaired) electrons. The van der Waals surface area contributed by atoms with E-state index in [4.69, 9.17) is 11.6 Å². The largest absolute Gasteiger partial charge is 0.339 e. The molecule has 0 fully saturated rings. The van der Waals surface area contributed by atoms with E-state index in [1.54, 1.807) is 35.2 Å². The SMILES string of the molecule is Cc1cc(-c2cc(Cl)ccc2-n2cnnn2)cc(=O)n1Cc1ncc(-c2ccccn2)[nH]1. The van der Waals surface area contributed by atoms with E-state index in [2.05, 4.69) is 30.5 Å². The van der Waals surface area contributed by atoms with Gasteiger partial charge in [-0.05, 0) is 59.3 Å². The molecule has 5 rings (SSSR count). The quantitative estimate of drug-likeness (QED) is 0.445. The normalized spacial score (nSPS) is 11.1. The summed E-state index contributed by atoms with van der Waals surface area (Å²) in [7, 11) is 0. The highest BCUT2D eigenvalue weighted by Gasteiger charge is 2.14. The van der Waals surface area contributed by atoms with Gasteiger partial charge in [0.25, 0.3) is 5.56 Å². The first-order valence-corrected chi connectivity index (χ1v) is 10.2. The summed E-state index contributed by atoms with van der Waals surface area (Å²) in [6.45, 7) is 2.20. The molecule has 1 N–H and O–H groups in total. The summed E-state index contributed by atoms with van der Waals surface area (Å²) in [4.78, 5) is 25.0. The number of hydrogen-bond donors (Lipinski definition) is 1. The molecular weight excluding hydrogens is 428 g/mol. The van der Waals surface area contributed by atoms with E-state index in [1.807, 2.05) is 37.3 Å². The molecule has 0 aliphatic rings. The number of benzene rings is 1. The molecule has 5 aromatic rings. The Balaban J connectivity index is 1.50. The summed E-state index contributed by atoms with van der Waals surface area (Å²) in [5, 5.41) is 11.9. The summed E-state index contributed by atoms with van der Waals surface area (Å²) in [5.41, 5.74) is 4.43. The van der Waals surface area contributed by atoms with E-state index in [9.17, 15) is 4.79 Å². The second-order valence-electron chi connectivity index (χ2n) is 7.18. The summed E-state index contributed by atoms with van der Waals surface area (Å²) >= 11 is 6.24. The van der Waals surface area contributed by atoms with E-state index >= 15 is 0 Å². The maximum atomic E-state index is 13.0. The molecule has 0 amide bonds. The number of halogens is 1. The van der Waals surface area contributed by atoms with Crippen molar-refractivity contribution >= 4 is 11.6 Å². The molecule has 0 saturated carbocycles. The molecule has 4 heterocycles. The zero-order valence-corrected chi connectivity index (χ0v) is 17.7. The zero-order chi connectivity index (χ0) is 22.1. The van der Waals surface area contributed by atoms with Crippen LogP contribution >= 0.6 is 11.6 Å². The summed E-state index contributed by atoms with van der Waals surface area (Å²) in [6, 6.07) is 14.5. The maximum absolute atomic E-state index is 13.0. The highest BCUT2D eigenvalue weighted by atomic mass is 35.5. The Hall–Kier alpha value is -4.11. The molecule has 0 aliphatic carbocycles. The fourth-order valence-electron chi connectivity index (χ4n) is 3.54. The molecule has 0 aliphatic heterocycles.